The number of aromatic nitrogens is 2. The fourth-order valence-corrected chi connectivity index (χ4v) is 3.54. The van der Waals surface area contributed by atoms with Crippen molar-refractivity contribution >= 4 is 40.9 Å². The SMILES string of the molecule is CN(CC(=O)Nc1ccccc1Cl)C(=O)CSc1nc(-c2ccccc2)cn1N. The highest BCUT2D eigenvalue weighted by Crippen LogP contribution is 2.23. The number of rotatable bonds is 7. The summed E-state index contributed by atoms with van der Waals surface area (Å²) in [6.07, 6.45) is 1.71. The summed E-state index contributed by atoms with van der Waals surface area (Å²) in [6.45, 7) is -0.0864. The molecule has 3 N–H and O–H groups in total. The third kappa shape index (κ3) is 5.52. The van der Waals surface area contributed by atoms with E-state index in [-0.39, 0.29) is 24.1 Å². The molecule has 1 heterocycles. The van der Waals surface area contributed by atoms with Gasteiger partial charge >= 0.3 is 0 Å². The van der Waals surface area contributed by atoms with Crippen molar-refractivity contribution in [3.05, 3.63) is 65.8 Å². The molecule has 0 spiro atoms. The Balaban J connectivity index is 1.53. The normalized spacial score (nSPS) is 10.6. The maximum Gasteiger partial charge on any atom is 0.244 e. The Morgan fingerprint density at radius 3 is 2.59 bits per heavy atom. The van der Waals surface area contributed by atoms with Gasteiger partial charge in [0, 0.05) is 12.6 Å². The summed E-state index contributed by atoms with van der Waals surface area (Å²) in [7, 11) is 1.57. The third-order valence-electron chi connectivity index (χ3n) is 4.05. The number of nitrogen functional groups attached to an aromatic ring is 1. The summed E-state index contributed by atoms with van der Waals surface area (Å²) in [5.74, 6) is 5.52. The van der Waals surface area contributed by atoms with Crippen LogP contribution in [0.5, 0.6) is 0 Å². The van der Waals surface area contributed by atoms with Crippen LogP contribution in [0.15, 0.2) is 66.0 Å². The van der Waals surface area contributed by atoms with E-state index >= 15 is 0 Å². The fourth-order valence-electron chi connectivity index (χ4n) is 2.52. The highest BCUT2D eigenvalue weighted by molar-refractivity contribution is 7.99. The molecule has 1 aromatic heterocycles. The van der Waals surface area contributed by atoms with Crippen LogP contribution in [0.25, 0.3) is 11.3 Å². The average Bonchev–Trinajstić information content (AvgIpc) is 3.09. The Labute approximate surface area is 177 Å². The van der Waals surface area contributed by atoms with Crippen LogP contribution in [0.1, 0.15) is 0 Å². The molecule has 0 unspecified atom stereocenters. The van der Waals surface area contributed by atoms with Crippen LogP contribution in [0.3, 0.4) is 0 Å². The number of amides is 2. The van der Waals surface area contributed by atoms with Crippen LogP contribution in [0.2, 0.25) is 5.02 Å². The summed E-state index contributed by atoms with van der Waals surface area (Å²) >= 11 is 7.24. The molecule has 0 atom stereocenters. The van der Waals surface area contributed by atoms with Gasteiger partial charge < -0.3 is 16.1 Å². The van der Waals surface area contributed by atoms with E-state index in [9.17, 15) is 9.59 Å². The summed E-state index contributed by atoms with van der Waals surface area (Å²) < 4.78 is 1.39. The molecule has 0 saturated heterocycles. The molecule has 0 fully saturated rings. The first-order chi connectivity index (χ1) is 13.9. The van der Waals surface area contributed by atoms with Crippen molar-refractivity contribution in [2.45, 2.75) is 5.16 Å². The van der Waals surface area contributed by atoms with Crippen LogP contribution < -0.4 is 11.2 Å². The number of benzene rings is 2. The Morgan fingerprint density at radius 1 is 1.17 bits per heavy atom. The Kier molecular flexibility index (Phi) is 6.79. The van der Waals surface area contributed by atoms with Gasteiger partial charge in [-0.05, 0) is 12.1 Å². The number of nitrogens with one attached hydrogen (secondary N) is 1. The van der Waals surface area contributed by atoms with Gasteiger partial charge in [-0.2, -0.15) is 0 Å². The maximum atomic E-state index is 12.4. The van der Waals surface area contributed by atoms with Crippen LogP contribution >= 0.6 is 23.4 Å². The van der Waals surface area contributed by atoms with E-state index < -0.39 is 0 Å². The molecule has 150 valence electrons. The number of para-hydroxylation sites is 1. The first-order valence-electron chi connectivity index (χ1n) is 8.75. The van der Waals surface area contributed by atoms with Gasteiger partial charge in [0.2, 0.25) is 11.8 Å². The number of nitrogens with two attached hydrogens (primary N) is 1. The van der Waals surface area contributed by atoms with Crippen molar-refractivity contribution in [3.63, 3.8) is 0 Å². The molecular formula is C20H20ClN5O2S. The van der Waals surface area contributed by atoms with Gasteiger partial charge in [0.25, 0.3) is 0 Å². The molecule has 0 aliphatic heterocycles. The number of hydrogen-bond acceptors (Lipinski definition) is 5. The zero-order valence-electron chi connectivity index (χ0n) is 15.7. The second kappa shape index (κ2) is 9.49. The van der Waals surface area contributed by atoms with E-state index in [4.69, 9.17) is 17.4 Å². The third-order valence-corrected chi connectivity index (χ3v) is 5.33. The van der Waals surface area contributed by atoms with Gasteiger partial charge in [-0.3, -0.25) is 9.59 Å². The minimum atomic E-state index is -0.328. The van der Waals surface area contributed by atoms with Gasteiger partial charge in [-0.25, -0.2) is 9.66 Å². The minimum absolute atomic E-state index is 0.0864. The second-order valence-electron chi connectivity index (χ2n) is 6.25. The highest BCUT2D eigenvalue weighted by Gasteiger charge is 2.16. The lowest BCUT2D eigenvalue weighted by Gasteiger charge is -2.16. The lowest BCUT2D eigenvalue weighted by Crippen LogP contribution is -2.36. The molecule has 2 aromatic carbocycles. The fraction of sp³-hybridized carbons (Fsp3) is 0.150. The summed E-state index contributed by atoms with van der Waals surface area (Å²) in [4.78, 5) is 30.4. The van der Waals surface area contributed by atoms with Crippen molar-refractivity contribution in [2.75, 3.05) is 30.5 Å². The standard InChI is InChI=1S/C20H20ClN5O2S/c1-25(12-18(27)23-16-10-6-5-9-15(16)21)19(28)13-29-20-24-17(11-26(20)22)14-7-3-2-4-8-14/h2-11H,12-13,22H2,1H3,(H,23,27). The Bertz CT molecular complexity index is 1010. The topological polar surface area (TPSA) is 93.2 Å². The second-order valence-corrected chi connectivity index (χ2v) is 7.60. The largest absolute Gasteiger partial charge is 0.337 e. The van der Waals surface area contributed by atoms with Crippen LogP contribution in [-0.2, 0) is 9.59 Å². The van der Waals surface area contributed by atoms with Gasteiger partial charge in [0.1, 0.15) is 0 Å². The van der Waals surface area contributed by atoms with E-state index in [1.165, 1.54) is 21.3 Å². The van der Waals surface area contributed by atoms with Crippen molar-refractivity contribution in [1.82, 2.24) is 14.6 Å². The van der Waals surface area contributed by atoms with Crippen LogP contribution in [-0.4, -0.2) is 45.7 Å². The highest BCUT2D eigenvalue weighted by atomic mass is 35.5. The van der Waals surface area contributed by atoms with Crippen molar-refractivity contribution in [2.24, 2.45) is 0 Å². The monoisotopic (exact) mass is 429 g/mol. The van der Waals surface area contributed by atoms with Crippen LogP contribution in [0, 0.1) is 0 Å². The van der Waals surface area contributed by atoms with Crippen LogP contribution in [0.4, 0.5) is 5.69 Å². The Hall–Kier alpha value is -2.97. The molecule has 0 bridgehead atoms. The van der Waals surface area contributed by atoms with Crippen molar-refractivity contribution in [3.8, 4) is 11.3 Å². The number of likely N-dealkylation sites (N-methyl/N-ethyl adjacent to an activating group) is 1. The zero-order chi connectivity index (χ0) is 20.8. The first kappa shape index (κ1) is 20.8. The van der Waals surface area contributed by atoms with E-state index in [0.29, 0.717) is 15.9 Å². The van der Waals surface area contributed by atoms with E-state index in [2.05, 4.69) is 10.3 Å². The number of anilines is 1. The summed E-state index contributed by atoms with van der Waals surface area (Å²) in [5.41, 5.74) is 2.18. The molecule has 3 rings (SSSR count). The first-order valence-corrected chi connectivity index (χ1v) is 10.1. The quantitative estimate of drug-likeness (QED) is 0.444. The number of imidazole rings is 1. The van der Waals surface area contributed by atoms with Gasteiger partial charge in [0.05, 0.1) is 34.9 Å². The van der Waals surface area contributed by atoms with Gasteiger partial charge in [-0.1, -0.05) is 65.8 Å². The predicted molar refractivity (Wildman–Crippen MR) is 116 cm³/mol. The molecule has 29 heavy (non-hydrogen) atoms. The number of nitrogens with zero attached hydrogens (tertiary/aromatic N) is 3. The maximum absolute atomic E-state index is 12.4. The summed E-state index contributed by atoms with van der Waals surface area (Å²) in [6, 6.07) is 16.6. The predicted octanol–water partition coefficient (Wildman–Crippen LogP) is 3.11. The number of hydrogen-bond donors (Lipinski definition) is 2. The molecule has 3 aromatic rings. The summed E-state index contributed by atoms with van der Waals surface area (Å²) in [5, 5.41) is 3.65. The molecule has 0 aliphatic rings. The molecule has 7 nitrogen and oxygen atoms in total. The van der Waals surface area contributed by atoms with Crippen molar-refractivity contribution in [1.29, 1.82) is 0 Å². The molecule has 9 heteroatoms. The number of carbonyl (C=O) groups excluding carboxylic acids is 2. The van der Waals surface area contributed by atoms with E-state index in [0.717, 1.165) is 11.3 Å². The lowest BCUT2D eigenvalue weighted by atomic mass is 10.2. The molecule has 0 aliphatic carbocycles. The molecule has 0 saturated carbocycles. The van der Waals surface area contributed by atoms with Crippen molar-refractivity contribution < 1.29 is 9.59 Å². The number of halogens is 1. The molecular weight excluding hydrogens is 410 g/mol. The van der Waals surface area contributed by atoms with Gasteiger partial charge in [0.15, 0.2) is 5.16 Å². The average molecular weight is 430 g/mol. The lowest BCUT2D eigenvalue weighted by molar-refractivity contribution is -0.131. The molecule has 0 radical (unpaired) electrons. The number of thioether (sulfide) groups is 1. The van der Waals surface area contributed by atoms with E-state index in [1.54, 1.807) is 37.5 Å². The minimum Gasteiger partial charge on any atom is -0.337 e. The number of carbonyl (C=O) groups is 2. The Morgan fingerprint density at radius 2 is 1.86 bits per heavy atom. The zero-order valence-corrected chi connectivity index (χ0v) is 17.3. The smallest absolute Gasteiger partial charge is 0.244 e. The van der Waals surface area contributed by atoms with E-state index in [1.807, 2.05) is 30.3 Å². The molecule has 2 amide bonds. The van der Waals surface area contributed by atoms with Gasteiger partial charge in [-0.15, -0.1) is 0 Å².